The van der Waals surface area contributed by atoms with E-state index in [4.69, 9.17) is 0 Å². The van der Waals surface area contributed by atoms with Crippen molar-refractivity contribution in [3.63, 3.8) is 0 Å². The molecule has 0 aromatic carbocycles. The average Bonchev–Trinajstić information content (AvgIpc) is 3.08. The molecule has 0 heterocycles. The molecule has 3 fully saturated rings. The van der Waals surface area contributed by atoms with Crippen molar-refractivity contribution in [2.24, 2.45) is 58.2 Å². The predicted octanol–water partition coefficient (Wildman–Crippen LogP) is 8.96. The summed E-state index contributed by atoms with van der Waals surface area (Å²) in [5.74, 6) is 7.12. The molecule has 31 heavy (non-hydrogen) atoms. The Bertz CT molecular complexity index is 744. The quantitative estimate of drug-likeness (QED) is 0.465. The van der Waals surface area contributed by atoms with Crippen LogP contribution in [-0.4, -0.2) is 5.11 Å². The van der Waals surface area contributed by atoms with E-state index in [1.807, 2.05) is 0 Å². The molecule has 176 valence electrons. The van der Waals surface area contributed by atoms with Gasteiger partial charge in [-0.15, -0.1) is 0 Å². The van der Waals surface area contributed by atoms with E-state index >= 15 is 0 Å². The van der Waals surface area contributed by atoms with E-state index in [9.17, 15) is 5.11 Å². The van der Waals surface area contributed by atoms with Crippen LogP contribution in [0.3, 0.4) is 0 Å². The Kier molecular flexibility index (Phi) is 6.24. The molecule has 4 aliphatic rings. The maximum absolute atomic E-state index is 10.5. The summed E-state index contributed by atoms with van der Waals surface area (Å²) in [5, 5.41) is 10.5. The Balaban J connectivity index is 1.53. The minimum atomic E-state index is 0.261. The van der Waals surface area contributed by atoms with Crippen LogP contribution in [0.15, 0.2) is 23.0 Å². The third kappa shape index (κ3) is 3.56. The van der Waals surface area contributed by atoms with Crippen LogP contribution < -0.4 is 0 Å². The van der Waals surface area contributed by atoms with Crippen molar-refractivity contribution in [2.75, 3.05) is 0 Å². The summed E-state index contributed by atoms with van der Waals surface area (Å²) in [5.41, 5.74) is 3.59. The van der Waals surface area contributed by atoms with Gasteiger partial charge in [0.2, 0.25) is 0 Å². The van der Waals surface area contributed by atoms with Crippen molar-refractivity contribution >= 4 is 0 Å². The molecular formula is C30H50O. The first-order valence-corrected chi connectivity index (χ1v) is 13.6. The van der Waals surface area contributed by atoms with Crippen molar-refractivity contribution < 1.29 is 5.11 Å². The second-order valence-electron chi connectivity index (χ2n) is 13.2. The molecule has 0 radical (unpaired) electrons. The number of aliphatic hydroxyl groups excluding tert-OH is 1. The highest BCUT2D eigenvalue weighted by molar-refractivity contribution is 5.38. The van der Waals surface area contributed by atoms with Gasteiger partial charge in [-0.3, -0.25) is 0 Å². The third-order valence-corrected chi connectivity index (χ3v) is 11.9. The van der Waals surface area contributed by atoms with Gasteiger partial charge in [0, 0.05) is 0 Å². The van der Waals surface area contributed by atoms with Gasteiger partial charge >= 0.3 is 0 Å². The topological polar surface area (TPSA) is 20.2 Å². The number of rotatable bonds is 5. The van der Waals surface area contributed by atoms with E-state index in [-0.39, 0.29) is 5.41 Å². The van der Waals surface area contributed by atoms with Crippen LogP contribution in [-0.2, 0) is 0 Å². The van der Waals surface area contributed by atoms with Crippen LogP contribution in [0.1, 0.15) is 107 Å². The van der Waals surface area contributed by atoms with Crippen LogP contribution in [0.2, 0.25) is 0 Å². The Morgan fingerprint density at radius 1 is 1.00 bits per heavy atom. The Hall–Kier alpha value is -0.720. The van der Waals surface area contributed by atoms with E-state index in [0.717, 1.165) is 41.4 Å². The zero-order chi connectivity index (χ0) is 22.7. The van der Waals surface area contributed by atoms with Crippen molar-refractivity contribution in [3.05, 3.63) is 23.0 Å². The lowest BCUT2D eigenvalue weighted by Crippen LogP contribution is -2.52. The number of allylic oxidation sites excluding steroid dienone is 3. The number of aliphatic hydroxyl groups is 1. The highest BCUT2D eigenvalue weighted by Crippen LogP contribution is 2.68. The smallest absolute Gasteiger partial charge is 0.114 e. The first-order valence-electron chi connectivity index (χ1n) is 13.6. The van der Waals surface area contributed by atoms with Gasteiger partial charge < -0.3 is 5.11 Å². The zero-order valence-electron chi connectivity index (χ0n) is 21.8. The molecule has 1 N–H and O–H groups in total. The van der Waals surface area contributed by atoms with Gasteiger partial charge in [0.05, 0.1) is 0 Å². The second-order valence-corrected chi connectivity index (χ2v) is 13.2. The van der Waals surface area contributed by atoms with Crippen LogP contribution in [0.5, 0.6) is 0 Å². The minimum absolute atomic E-state index is 0.261. The molecule has 1 heteroatoms. The normalized spacial score (nSPS) is 44.4. The molecule has 0 aromatic heterocycles. The average molecular weight is 427 g/mol. The molecule has 1 unspecified atom stereocenters. The minimum Gasteiger partial charge on any atom is -0.508 e. The van der Waals surface area contributed by atoms with E-state index in [2.05, 4.69) is 61.5 Å². The SMILES string of the molecule is CC1=C(O)C=C2CC[C@H]3[C@@H]4CC[C@H]([C@H](C)CC[C@H](C)C(C)C)[C@@]4(C)CC[C@@H]3[C@@]2(C)C1C. The maximum Gasteiger partial charge on any atom is 0.114 e. The van der Waals surface area contributed by atoms with Gasteiger partial charge in [-0.1, -0.05) is 66.9 Å². The predicted molar refractivity (Wildman–Crippen MR) is 133 cm³/mol. The van der Waals surface area contributed by atoms with Crippen LogP contribution in [0, 0.1) is 58.2 Å². The van der Waals surface area contributed by atoms with Gasteiger partial charge in [-0.25, -0.2) is 0 Å². The molecule has 0 bridgehead atoms. The molecule has 0 saturated heterocycles. The van der Waals surface area contributed by atoms with E-state index in [1.165, 1.54) is 56.9 Å². The Morgan fingerprint density at radius 2 is 1.71 bits per heavy atom. The molecule has 1 nitrogen and oxygen atoms in total. The van der Waals surface area contributed by atoms with Crippen molar-refractivity contribution in [1.29, 1.82) is 0 Å². The van der Waals surface area contributed by atoms with Gasteiger partial charge in [0.1, 0.15) is 5.76 Å². The van der Waals surface area contributed by atoms with Crippen LogP contribution in [0.4, 0.5) is 0 Å². The third-order valence-electron chi connectivity index (χ3n) is 11.9. The number of hydrogen-bond acceptors (Lipinski definition) is 1. The van der Waals surface area contributed by atoms with Gasteiger partial charge in [0.25, 0.3) is 0 Å². The van der Waals surface area contributed by atoms with Crippen LogP contribution >= 0.6 is 0 Å². The van der Waals surface area contributed by atoms with E-state index in [1.54, 1.807) is 5.57 Å². The standard InChI is InChI=1S/C30H50O/c1-18(2)19(3)9-10-20(4)25-13-14-26-24-12-11-23-17-28(31)21(5)22(6)30(23,8)27(24)15-16-29(25,26)7/h17-20,22,24-27,31H,9-16H2,1-8H3/t19-,20+,22?,24-,25+,26-,27-,29+,30-/m0/s1. The summed E-state index contributed by atoms with van der Waals surface area (Å²) >= 11 is 0. The monoisotopic (exact) mass is 426 g/mol. The largest absolute Gasteiger partial charge is 0.508 e. The molecule has 0 aromatic rings. The molecule has 0 spiro atoms. The first kappa shape index (κ1) is 23.4. The summed E-state index contributed by atoms with van der Waals surface area (Å²) in [6, 6.07) is 0. The number of fused-ring (bicyclic) bond motifs is 5. The van der Waals surface area contributed by atoms with Crippen molar-refractivity contribution in [3.8, 4) is 0 Å². The summed E-state index contributed by atoms with van der Waals surface area (Å²) in [4.78, 5) is 0. The van der Waals surface area contributed by atoms with E-state index < -0.39 is 0 Å². The highest BCUT2D eigenvalue weighted by atomic mass is 16.3. The lowest BCUT2D eigenvalue weighted by atomic mass is 9.44. The summed E-state index contributed by atoms with van der Waals surface area (Å²) in [6.45, 7) is 19.6. The van der Waals surface area contributed by atoms with Gasteiger partial charge in [-0.05, 0) is 115 Å². The van der Waals surface area contributed by atoms with Crippen LogP contribution in [0.25, 0.3) is 0 Å². The Labute approximate surface area is 193 Å². The van der Waals surface area contributed by atoms with Gasteiger partial charge in [-0.2, -0.15) is 0 Å². The highest BCUT2D eigenvalue weighted by Gasteiger charge is 2.60. The summed E-state index contributed by atoms with van der Waals surface area (Å²) < 4.78 is 0. The molecule has 4 rings (SSSR count). The lowest BCUT2D eigenvalue weighted by Gasteiger charge is -2.60. The molecule has 3 saturated carbocycles. The summed E-state index contributed by atoms with van der Waals surface area (Å²) in [6.07, 6.45) is 13.3. The number of hydrogen-bond donors (Lipinski definition) is 1. The zero-order valence-corrected chi connectivity index (χ0v) is 21.8. The molecule has 4 aliphatic carbocycles. The molecule has 9 atom stereocenters. The molecule has 0 aliphatic heterocycles. The van der Waals surface area contributed by atoms with Gasteiger partial charge in [0.15, 0.2) is 0 Å². The first-order chi connectivity index (χ1) is 14.5. The van der Waals surface area contributed by atoms with Crippen molar-refractivity contribution in [1.82, 2.24) is 0 Å². The Morgan fingerprint density at radius 3 is 2.39 bits per heavy atom. The van der Waals surface area contributed by atoms with E-state index in [0.29, 0.717) is 17.1 Å². The fourth-order valence-electron chi connectivity index (χ4n) is 9.08. The maximum atomic E-state index is 10.5. The molecule has 0 amide bonds. The fraction of sp³-hybridized carbons (Fsp3) is 0.867. The lowest BCUT2D eigenvalue weighted by molar-refractivity contribution is -0.0674. The second kappa shape index (κ2) is 8.25. The van der Waals surface area contributed by atoms with Crippen molar-refractivity contribution in [2.45, 2.75) is 107 Å². The summed E-state index contributed by atoms with van der Waals surface area (Å²) in [7, 11) is 0. The fourth-order valence-corrected chi connectivity index (χ4v) is 9.08. The molecular weight excluding hydrogens is 376 g/mol.